The molecule has 0 spiro atoms. The molecule has 1 aromatic rings. The molecule has 1 aliphatic rings. The van der Waals surface area contributed by atoms with E-state index in [0.717, 1.165) is 37.6 Å². The van der Waals surface area contributed by atoms with Gasteiger partial charge < -0.3 is 5.32 Å². The average Bonchev–Trinajstić information content (AvgIpc) is 2.85. The molecule has 5 heteroatoms. The maximum absolute atomic E-state index is 4.50. The van der Waals surface area contributed by atoms with E-state index in [-0.39, 0.29) is 17.0 Å². The van der Waals surface area contributed by atoms with Crippen molar-refractivity contribution in [3.05, 3.63) is 17.5 Å². The van der Waals surface area contributed by atoms with Crippen LogP contribution < -0.4 is 5.32 Å². The van der Waals surface area contributed by atoms with Crippen molar-refractivity contribution < 1.29 is 0 Å². The van der Waals surface area contributed by atoms with Crippen LogP contribution in [0.5, 0.6) is 0 Å². The Labute approximate surface area is 101 Å². The lowest BCUT2D eigenvalue weighted by molar-refractivity contribution is 0.805. The lowest BCUT2D eigenvalue weighted by atomic mass is 10.3. The summed E-state index contributed by atoms with van der Waals surface area (Å²) in [5, 5.41) is 7.74. The number of nitrogens with one attached hydrogen (secondary N) is 1. The van der Waals surface area contributed by atoms with E-state index in [2.05, 4.69) is 35.3 Å². The molecule has 84 valence electrons. The fourth-order valence-electron chi connectivity index (χ4n) is 1.61. The highest BCUT2D eigenvalue weighted by molar-refractivity contribution is 8.93. The van der Waals surface area contributed by atoms with Crippen LogP contribution in [0, 0.1) is 0 Å². The second-order valence-electron chi connectivity index (χ2n) is 3.38. The second-order valence-corrected chi connectivity index (χ2v) is 3.38. The van der Waals surface area contributed by atoms with Crippen LogP contribution in [0.3, 0.4) is 0 Å². The van der Waals surface area contributed by atoms with Gasteiger partial charge in [0.25, 0.3) is 0 Å². The third-order valence-corrected chi connectivity index (χ3v) is 2.42. The molecule has 2 heterocycles. The quantitative estimate of drug-likeness (QED) is 0.885. The summed E-state index contributed by atoms with van der Waals surface area (Å²) in [5.74, 6) is 0.904. The topological polar surface area (TPSA) is 42.2 Å². The van der Waals surface area contributed by atoms with E-state index in [1.54, 1.807) is 0 Å². The molecule has 0 amide bonds. The van der Waals surface area contributed by atoms with E-state index in [0.29, 0.717) is 0 Å². The van der Waals surface area contributed by atoms with Gasteiger partial charge in [0.2, 0.25) is 5.96 Å². The molecule has 0 fully saturated rings. The van der Waals surface area contributed by atoms with Crippen molar-refractivity contribution in [2.24, 2.45) is 4.99 Å². The zero-order valence-corrected chi connectivity index (χ0v) is 10.9. The Bertz CT molecular complexity index is 356. The third kappa shape index (κ3) is 2.40. The molecule has 0 aromatic carbocycles. The summed E-state index contributed by atoms with van der Waals surface area (Å²) in [6.07, 6.45) is 1.97. The monoisotopic (exact) mass is 272 g/mol. The van der Waals surface area contributed by atoms with Gasteiger partial charge in [-0.3, -0.25) is 0 Å². The largest absolute Gasteiger partial charge is 0.353 e. The van der Waals surface area contributed by atoms with Crippen LogP contribution in [-0.2, 0) is 12.8 Å². The van der Waals surface area contributed by atoms with E-state index < -0.39 is 0 Å². The molecule has 1 aliphatic heterocycles. The predicted molar refractivity (Wildman–Crippen MR) is 67.0 cm³/mol. The zero-order valence-electron chi connectivity index (χ0n) is 9.16. The summed E-state index contributed by atoms with van der Waals surface area (Å²) in [7, 11) is 0. The number of hydrogen-bond acceptors (Lipinski definition) is 3. The Kier molecular flexibility index (Phi) is 4.32. The van der Waals surface area contributed by atoms with Gasteiger partial charge in [-0.25, -0.2) is 9.67 Å². The van der Waals surface area contributed by atoms with Crippen molar-refractivity contribution in [1.29, 1.82) is 0 Å². The number of rotatable bonds is 2. The van der Waals surface area contributed by atoms with Crippen LogP contribution in [0.15, 0.2) is 11.1 Å². The Morgan fingerprint density at radius 2 is 2.20 bits per heavy atom. The van der Waals surface area contributed by atoms with E-state index in [1.165, 1.54) is 5.69 Å². The molecule has 2 rings (SSSR count). The van der Waals surface area contributed by atoms with Crippen molar-refractivity contribution >= 4 is 22.9 Å². The van der Waals surface area contributed by atoms with Crippen molar-refractivity contribution in [2.45, 2.75) is 26.7 Å². The average molecular weight is 273 g/mol. The fraction of sp³-hybridized carbons (Fsp3) is 0.600. The summed E-state index contributed by atoms with van der Waals surface area (Å²) in [6, 6.07) is 2.16. The Hall–Kier alpha value is -0.840. The molecule has 1 aromatic heterocycles. The van der Waals surface area contributed by atoms with Gasteiger partial charge in [-0.1, -0.05) is 13.8 Å². The molecule has 4 nitrogen and oxygen atoms in total. The van der Waals surface area contributed by atoms with E-state index >= 15 is 0 Å². The minimum absolute atomic E-state index is 0. The molecule has 0 unspecified atom stereocenters. The molecule has 0 aliphatic carbocycles. The van der Waals surface area contributed by atoms with Gasteiger partial charge in [0.05, 0.1) is 12.2 Å². The predicted octanol–water partition coefficient (Wildman–Crippen LogP) is 1.39. The highest BCUT2D eigenvalue weighted by atomic mass is 79.9. The summed E-state index contributed by atoms with van der Waals surface area (Å²) in [6.45, 7) is 6.05. The van der Waals surface area contributed by atoms with Gasteiger partial charge in [0.1, 0.15) is 0 Å². The molecule has 0 saturated carbocycles. The highest BCUT2D eigenvalue weighted by Crippen LogP contribution is 2.06. The van der Waals surface area contributed by atoms with Gasteiger partial charge in [-0.15, -0.1) is 17.0 Å². The van der Waals surface area contributed by atoms with Crippen molar-refractivity contribution in [2.75, 3.05) is 13.1 Å². The lowest BCUT2D eigenvalue weighted by Crippen LogP contribution is -2.28. The smallest absolute Gasteiger partial charge is 0.219 e. The Morgan fingerprint density at radius 1 is 1.40 bits per heavy atom. The number of aryl methyl sites for hydroxylation is 2. The first kappa shape index (κ1) is 12.2. The highest BCUT2D eigenvalue weighted by Gasteiger charge is 2.12. The van der Waals surface area contributed by atoms with E-state index in [4.69, 9.17) is 0 Å². The maximum Gasteiger partial charge on any atom is 0.219 e. The van der Waals surface area contributed by atoms with Crippen LogP contribution in [-0.4, -0.2) is 28.8 Å². The van der Waals surface area contributed by atoms with Crippen LogP contribution in [0.2, 0.25) is 0 Å². The first-order chi connectivity index (χ1) is 6.85. The molecule has 0 radical (unpaired) electrons. The number of hydrogen-bond donors (Lipinski definition) is 1. The number of halogens is 1. The summed E-state index contributed by atoms with van der Waals surface area (Å²) >= 11 is 0. The molecule has 0 atom stereocenters. The van der Waals surface area contributed by atoms with Crippen molar-refractivity contribution in [1.82, 2.24) is 15.1 Å². The van der Waals surface area contributed by atoms with Gasteiger partial charge in [0, 0.05) is 12.2 Å². The second kappa shape index (κ2) is 5.30. The summed E-state index contributed by atoms with van der Waals surface area (Å²) in [5.41, 5.74) is 2.37. The van der Waals surface area contributed by atoms with Gasteiger partial charge in [-0.2, -0.15) is 5.10 Å². The third-order valence-electron chi connectivity index (χ3n) is 2.42. The molecular weight excluding hydrogens is 256 g/mol. The first-order valence-corrected chi connectivity index (χ1v) is 5.21. The van der Waals surface area contributed by atoms with Gasteiger partial charge >= 0.3 is 0 Å². The molecule has 0 bridgehead atoms. The van der Waals surface area contributed by atoms with Crippen LogP contribution in [0.25, 0.3) is 0 Å². The summed E-state index contributed by atoms with van der Waals surface area (Å²) < 4.78 is 1.94. The van der Waals surface area contributed by atoms with Crippen LogP contribution >= 0.6 is 17.0 Å². The zero-order chi connectivity index (χ0) is 9.97. The molecule has 15 heavy (non-hydrogen) atoms. The fourth-order valence-corrected chi connectivity index (χ4v) is 1.61. The maximum atomic E-state index is 4.50. The van der Waals surface area contributed by atoms with Gasteiger partial charge in [0.15, 0.2) is 0 Å². The van der Waals surface area contributed by atoms with E-state index in [1.807, 2.05) is 4.68 Å². The first-order valence-electron chi connectivity index (χ1n) is 5.21. The Morgan fingerprint density at radius 3 is 2.73 bits per heavy atom. The van der Waals surface area contributed by atoms with E-state index in [9.17, 15) is 0 Å². The minimum Gasteiger partial charge on any atom is -0.353 e. The minimum atomic E-state index is 0. The lowest BCUT2D eigenvalue weighted by Gasteiger charge is -2.04. The molecule has 1 N–H and O–H groups in total. The van der Waals surface area contributed by atoms with Gasteiger partial charge in [-0.05, 0) is 18.9 Å². The van der Waals surface area contributed by atoms with Crippen LogP contribution in [0.1, 0.15) is 25.2 Å². The van der Waals surface area contributed by atoms with Crippen molar-refractivity contribution in [3.63, 3.8) is 0 Å². The Balaban J connectivity index is 0.00000112. The normalized spacial score (nSPS) is 14.4. The van der Waals surface area contributed by atoms with Crippen molar-refractivity contribution in [3.8, 4) is 0 Å². The van der Waals surface area contributed by atoms with Crippen LogP contribution in [0.4, 0.5) is 0 Å². The standard InChI is InChI=1S/C10H16N4.BrH/c1-3-8-7-9(4-2)14(13-8)10-11-5-6-12-10;/h7H,3-6H2,1-2H3,(H,11,12);1H. The summed E-state index contributed by atoms with van der Waals surface area (Å²) in [4.78, 5) is 4.37. The SMILES string of the molecule is Br.CCc1cc(CC)n(C2=NCCN2)n1. The molecular formula is C10H17BrN4. The number of nitrogens with zero attached hydrogens (tertiary/aromatic N) is 3. The molecule has 0 saturated heterocycles. The number of aromatic nitrogens is 2. The number of aliphatic imine (C=N–C) groups is 1.